The molecule has 0 spiro atoms. The van der Waals surface area contributed by atoms with Gasteiger partial charge in [0.2, 0.25) is 0 Å². The summed E-state index contributed by atoms with van der Waals surface area (Å²) < 4.78 is 5.49. The number of hydrogen-bond donors (Lipinski definition) is 1. The van der Waals surface area contributed by atoms with Crippen LogP contribution in [0.1, 0.15) is 23.7 Å². The van der Waals surface area contributed by atoms with Crippen LogP contribution in [0.2, 0.25) is 5.15 Å². The molecule has 0 atom stereocenters. The van der Waals surface area contributed by atoms with E-state index in [9.17, 15) is 4.79 Å². The Morgan fingerprint density at radius 3 is 3.00 bits per heavy atom. The minimum atomic E-state index is -0.288. The second-order valence-electron chi connectivity index (χ2n) is 4.06. The number of rotatable bonds is 5. The molecule has 104 valence electrons. The molecule has 2 aromatic rings. The van der Waals surface area contributed by atoms with Crippen LogP contribution < -0.4 is 10.1 Å². The van der Waals surface area contributed by atoms with E-state index in [1.54, 1.807) is 18.2 Å². The average Bonchev–Trinajstić information content (AvgIpc) is 2.45. The molecule has 0 saturated carbocycles. The molecule has 2 rings (SSSR count). The van der Waals surface area contributed by atoms with Gasteiger partial charge in [0, 0.05) is 5.56 Å². The lowest BCUT2D eigenvalue weighted by atomic mass is 10.2. The second-order valence-corrected chi connectivity index (χ2v) is 4.44. The van der Waals surface area contributed by atoms with Gasteiger partial charge in [-0.05, 0) is 24.6 Å². The monoisotopic (exact) mass is 291 g/mol. The van der Waals surface area contributed by atoms with Crippen LogP contribution >= 0.6 is 11.6 Å². The van der Waals surface area contributed by atoms with E-state index in [4.69, 9.17) is 16.3 Å². The normalized spacial score (nSPS) is 10.1. The van der Waals surface area contributed by atoms with Crippen molar-refractivity contribution in [3.63, 3.8) is 0 Å². The van der Waals surface area contributed by atoms with Gasteiger partial charge < -0.3 is 10.1 Å². The SMILES string of the molecule is CCCOc1cccc(C(=O)Nc2cncc(Cl)n2)c1. The number of amides is 1. The third-order valence-corrected chi connectivity index (χ3v) is 2.60. The molecule has 5 nitrogen and oxygen atoms in total. The first kappa shape index (κ1) is 14.3. The first-order chi connectivity index (χ1) is 9.69. The zero-order valence-electron chi connectivity index (χ0n) is 11.0. The maximum atomic E-state index is 12.1. The first-order valence-corrected chi connectivity index (χ1v) is 6.58. The zero-order chi connectivity index (χ0) is 14.4. The van der Waals surface area contributed by atoms with Crippen LogP contribution in [0, 0.1) is 0 Å². The topological polar surface area (TPSA) is 64.1 Å². The molecular formula is C14H14ClN3O2. The molecule has 0 fully saturated rings. The Hall–Kier alpha value is -2.14. The van der Waals surface area contributed by atoms with Crippen LogP contribution in [-0.2, 0) is 0 Å². The number of anilines is 1. The molecule has 1 amide bonds. The summed E-state index contributed by atoms with van der Waals surface area (Å²) in [6.45, 7) is 2.64. The summed E-state index contributed by atoms with van der Waals surface area (Å²) >= 11 is 5.71. The Kier molecular flexibility index (Phi) is 4.90. The van der Waals surface area contributed by atoms with E-state index in [0.717, 1.165) is 6.42 Å². The van der Waals surface area contributed by atoms with Crippen molar-refractivity contribution in [2.24, 2.45) is 0 Å². The van der Waals surface area contributed by atoms with Gasteiger partial charge in [-0.1, -0.05) is 24.6 Å². The molecule has 1 N–H and O–H groups in total. The second kappa shape index (κ2) is 6.86. The summed E-state index contributed by atoms with van der Waals surface area (Å²) in [5, 5.41) is 2.85. The zero-order valence-corrected chi connectivity index (χ0v) is 11.7. The van der Waals surface area contributed by atoms with Crippen molar-refractivity contribution >= 4 is 23.3 Å². The van der Waals surface area contributed by atoms with Crippen molar-refractivity contribution in [3.8, 4) is 5.75 Å². The van der Waals surface area contributed by atoms with Crippen molar-refractivity contribution < 1.29 is 9.53 Å². The maximum Gasteiger partial charge on any atom is 0.256 e. The van der Waals surface area contributed by atoms with Gasteiger partial charge in [0.15, 0.2) is 5.82 Å². The molecular weight excluding hydrogens is 278 g/mol. The van der Waals surface area contributed by atoms with Crippen LogP contribution in [-0.4, -0.2) is 22.5 Å². The number of ether oxygens (including phenoxy) is 1. The highest BCUT2D eigenvalue weighted by molar-refractivity contribution is 6.29. The fraction of sp³-hybridized carbons (Fsp3) is 0.214. The van der Waals surface area contributed by atoms with E-state index >= 15 is 0 Å². The fourth-order valence-electron chi connectivity index (χ4n) is 1.54. The number of nitrogens with zero attached hydrogens (tertiary/aromatic N) is 2. The Bertz CT molecular complexity index is 604. The van der Waals surface area contributed by atoms with Crippen molar-refractivity contribution in [3.05, 3.63) is 47.4 Å². The highest BCUT2D eigenvalue weighted by atomic mass is 35.5. The molecule has 0 unspecified atom stereocenters. The van der Waals surface area contributed by atoms with Gasteiger partial charge in [-0.3, -0.25) is 9.78 Å². The molecule has 0 aliphatic rings. The lowest BCUT2D eigenvalue weighted by molar-refractivity contribution is 0.102. The molecule has 1 aromatic carbocycles. The number of nitrogens with one attached hydrogen (secondary N) is 1. The Balaban J connectivity index is 2.09. The van der Waals surface area contributed by atoms with E-state index in [1.165, 1.54) is 12.4 Å². The van der Waals surface area contributed by atoms with Crippen molar-refractivity contribution in [2.45, 2.75) is 13.3 Å². The predicted octanol–water partition coefficient (Wildman–Crippen LogP) is 3.17. The standard InChI is InChI=1S/C14H14ClN3O2/c1-2-6-20-11-5-3-4-10(7-11)14(19)18-13-9-16-8-12(15)17-13/h3-5,7-9H,2,6H2,1H3,(H,17,18,19). The molecule has 0 radical (unpaired) electrons. The molecule has 20 heavy (non-hydrogen) atoms. The number of benzene rings is 1. The van der Waals surface area contributed by atoms with Gasteiger partial charge in [0.05, 0.1) is 19.0 Å². The third kappa shape index (κ3) is 3.93. The maximum absolute atomic E-state index is 12.1. The van der Waals surface area contributed by atoms with Crippen LogP contribution in [0.25, 0.3) is 0 Å². The minimum absolute atomic E-state index is 0.225. The summed E-state index contributed by atoms with van der Waals surface area (Å²) in [4.78, 5) is 19.9. The minimum Gasteiger partial charge on any atom is -0.494 e. The Labute approximate surface area is 122 Å². The van der Waals surface area contributed by atoms with E-state index in [0.29, 0.717) is 23.7 Å². The van der Waals surface area contributed by atoms with Gasteiger partial charge in [-0.25, -0.2) is 4.98 Å². The Morgan fingerprint density at radius 2 is 2.25 bits per heavy atom. The van der Waals surface area contributed by atoms with Crippen molar-refractivity contribution in [1.29, 1.82) is 0 Å². The molecule has 0 aliphatic heterocycles. The van der Waals surface area contributed by atoms with E-state index in [-0.39, 0.29) is 11.1 Å². The van der Waals surface area contributed by atoms with Gasteiger partial charge >= 0.3 is 0 Å². The van der Waals surface area contributed by atoms with Gasteiger partial charge in [0.1, 0.15) is 10.9 Å². The quantitative estimate of drug-likeness (QED) is 0.919. The summed E-state index contributed by atoms with van der Waals surface area (Å²) in [6, 6.07) is 6.96. The van der Waals surface area contributed by atoms with E-state index in [1.807, 2.05) is 13.0 Å². The van der Waals surface area contributed by atoms with E-state index in [2.05, 4.69) is 15.3 Å². The molecule has 1 aromatic heterocycles. The van der Waals surface area contributed by atoms with Gasteiger partial charge in [0.25, 0.3) is 5.91 Å². The third-order valence-electron chi connectivity index (χ3n) is 2.42. The molecule has 0 bridgehead atoms. The fourth-order valence-corrected chi connectivity index (χ4v) is 1.69. The van der Waals surface area contributed by atoms with Crippen molar-refractivity contribution in [1.82, 2.24) is 9.97 Å². The molecule has 0 aliphatic carbocycles. The highest BCUT2D eigenvalue weighted by Gasteiger charge is 2.08. The number of hydrogen-bond acceptors (Lipinski definition) is 4. The number of halogens is 1. The van der Waals surface area contributed by atoms with E-state index < -0.39 is 0 Å². The largest absolute Gasteiger partial charge is 0.494 e. The smallest absolute Gasteiger partial charge is 0.256 e. The number of carbonyl (C=O) groups excluding carboxylic acids is 1. The average molecular weight is 292 g/mol. The van der Waals surface area contributed by atoms with Crippen LogP contribution in [0.3, 0.4) is 0 Å². The predicted molar refractivity (Wildman–Crippen MR) is 77.2 cm³/mol. The van der Waals surface area contributed by atoms with Crippen molar-refractivity contribution in [2.75, 3.05) is 11.9 Å². The van der Waals surface area contributed by atoms with Crippen LogP contribution in [0.4, 0.5) is 5.82 Å². The lowest BCUT2D eigenvalue weighted by Gasteiger charge is -2.07. The molecule has 0 saturated heterocycles. The number of aromatic nitrogens is 2. The van der Waals surface area contributed by atoms with Gasteiger partial charge in [-0.15, -0.1) is 0 Å². The van der Waals surface area contributed by atoms with Crippen LogP contribution in [0.5, 0.6) is 5.75 Å². The first-order valence-electron chi connectivity index (χ1n) is 6.21. The summed E-state index contributed by atoms with van der Waals surface area (Å²) in [5.74, 6) is 0.683. The van der Waals surface area contributed by atoms with Gasteiger partial charge in [-0.2, -0.15) is 0 Å². The number of carbonyl (C=O) groups is 1. The summed E-state index contributed by atoms with van der Waals surface area (Å²) in [6.07, 6.45) is 3.74. The molecule has 6 heteroatoms. The van der Waals surface area contributed by atoms with Crippen LogP contribution in [0.15, 0.2) is 36.7 Å². The lowest BCUT2D eigenvalue weighted by Crippen LogP contribution is -2.13. The molecule has 1 heterocycles. The highest BCUT2D eigenvalue weighted by Crippen LogP contribution is 2.15. The Morgan fingerprint density at radius 1 is 1.40 bits per heavy atom. The summed E-state index contributed by atoms with van der Waals surface area (Å²) in [7, 11) is 0. The summed E-state index contributed by atoms with van der Waals surface area (Å²) in [5.41, 5.74) is 0.486.